The highest BCUT2D eigenvalue weighted by atomic mass is 16.5. The number of ether oxygens (including phenoxy) is 1. The second-order valence-electron chi connectivity index (χ2n) is 8.87. The first kappa shape index (κ1) is 21.2. The fraction of sp³-hybridized carbons (Fsp3) is 0.565. The fourth-order valence-corrected chi connectivity index (χ4v) is 4.49. The Hall–Kier alpha value is -2.50. The number of carbonyl (C=O) groups is 1. The number of piperidine rings is 1. The summed E-state index contributed by atoms with van der Waals surface area (Å²) in [6.45, 7) is 12.9. The summed E-state index contributed by atoms with van der Waals surface area (Å²) in [6, 6.07) is 8.01. The van der Waals surface area contributed by atoms with Crippen molar-refractivity contribution in [1.29, 1.82) is 0 Å². The maximum absolute atomic E-state index is 13.0. The van der Waals surface area contributed by atoms with Crippen molar-refractivity contribution in [2.75, 3.05) is 26.7 Å². The highest BCUT2D eigenvalue weighted by Gasteiger charge is 2.44. The molecule has 1 unspecified atom stereocenters. The molecular formula is C23H34N4O2. The van der Waals surface area contributed by atoms with Gasteiger partial charge < -0.3 is 15.4 Å². The number of benzene rings is 1. The predicted octanol–water partition coefficient (Wildman–Crippen LogP) is 3.34. The first-order valence-corrected chi connectivity index (χ1v) is 10.5. The molecule has 2 N–H and O–H groups in total. The minimum Gasteiger partial charge on any atom is -0.497 e. The summed E-state index contributed by atoms with van der Waals surface area (Å²) >= 11 is 0. The number of amides is 1. The number of nitrogens with zero attached hydrogens (tertiary/aromatic N) is 3. The lowest BCUT2D eigenvalue weighted by atomic mass is 9.90. The van der Waals surface area contributed by atoms with Crippen molar-refractivity contribution in [3.8, 4) is 5.75 Å². The summed E-state index contributed by atoms with van der Waals surface area (Å²) in [7, 11) is 1.67. The third kappa shape index (κ3) is 4.57. The van der Waals surface area contributed by atoms with Crippen LogP contribution in [0.25, 0.3) is 5.70 Å². The van der Waals surface area contributed by atoms with Crippen LogP contribution in [0.1, 0.15) is 45.6 Å². The van der Waals surface area contributed by atoms with Crippen LogP contribution in [0.2, 0.25) is 0 Å². The van der Waals surface area contributed by atoms with E-state index in [1.807, 2.05) is 25.1 Å². The van der Waals surface area contributed by atoms with Crippen molar-refractivity contribution < 1.29 is 9.53 Å². The molecule has 158 valence electrons. The molecule has 6 heteroatoms. The van der Waals surface area contributed by atoms with E-state index in [9.17, 15) is 4.79 Å². The summed E-state index contributed by atoms with van der Waals surface area (Å²) in [4.78, 5) is 21.5. The Morgan fingerprint density at radius 1 is 1.38 bits per heavy atom. The summed E-state index contributed by atoms with van der Waals surface area (Å²) in [5, 5.41) is 0. The molecule has 2 heterocycles. The second kappa shape index (κ2) is 8.47. The number of guanidine groups is 1. The van der Waals surface area contributed by atoms with Crippen molar-refractivity contribution >= 4 is 17.6 Å². The van der Waals surface area contributed by atoms with Crippen molar-refractivity contribution in [3.05, 3.63) is 36.4 Å². The van der Waals surface area contributed by atoms with Crippen molar-refractivity contribution in [2.24, 2.45) is 22.6 Å². The highest BCUT2D eigenvalue weighted by molar-refractivity contribution is 6.06. The summed E-state index contributed by atoms with van der Waals surface area (Å²) < 4.78 is 5.32. The number of methoxy groups -OCH3 is 1. The molecule has 0 radical (unpaired) electrons. The van der Waals surface area contributed by atoms with Crippen molar-refractivity contribution in [2.45, 2.75) is 45.6 Å². The average molecular weight is 399 g/mol. The lowest BCUT2D eigenvalue weighted by molar-refractivity contribution is -0.131. The maximum Gasteiger partial charge on any atom is 0.257 e. The van der Waals surface area contributed by atoms with Crippen LogP contribution >= 0.6 is 0 Å². The molecule has 1 aromatic rings. The van der Waals surface area contributed by atoms with Crippen LogP contribution in [0.3, 0.4) is 0 Å². The van der Waals surface area contributed by atoms with Crippen LogP contribution in [-0.2, 0) is 4.79 Å². The lowest BCUT2D eigenvalue weighted by Crippen LogP contribution is -2.47. The molecule has 6 nitrogen and oxygen atoms in total. The van der Waals surface area contributed by atoms with E-state index in [1.165, 1.54) is 0 Å². The van der Waals surface area contributed by atoms with Gasteiger partial charge in [-0.15, -0.1) is 0 Å². The minimum absolute atomic E-state index is 0.0481. The third-order valence-corrected chi connectivity index (χ3v) is 5.99. The first-order valence-electron chi connectivity index (χ1n) is 10.5. The van der Waals surface area contributed by atoms with Crippen LogP contribution in [0.4, 0.5) is 0 Å². The molecule has 2 aliphatic rings. The fourth-order valence-electron chi connectivity index (χ4n) is 4.49. The van der Waals surface area contributed by atoms with E-state index in [0.29, 0.717) is 24.3 Å². The van der Waals surface area contributed by atoms with E-state index >= 15 is 0 Å². The minimum atomic E-state index is -0.709. The monoisotopic (exact) mass is 398 g/mol. The van der Waals surface area contributed by atoms with Gasteiger partial charge in [-0.3, -0.25) is 9.69 Å². The topological polar surface area (TPSA) is 71.2 Å². The number of rotatable bonds is 7. The third-order valence-electron chi connectivity index (χ3n) is 5.99. The van der Waals surface area contributed by atoms with Gasteiger partial charge in [-0.25, -0.2) is 4.99 Å². The van der Waals surface area contributed by atoms with Gasteiger partial charge in [-0.05, 0) is 50.2 Å². The van der Waals surface area contributed by atoms with E-state index in [0.717, 1.165) is 49.4 Å². The van der Waals surface area contributed by atoms with Gasteiger partial charge in [0.15, 0.2) is 5.96 Å². The summed E-state index contributed by atoms with van der Waals surface area (Å²) in [6.07, 6.45) is 2.73. The van der Waals surface area contributed by atoms with Crippen LogP contribution in [-0.4, -0.2) is 53.9 Å². The number of hydrogen-bond acceptors (Lipinski definition) is 5. The molecule has 0 bridgehead atoms. The molecule has 0 aromatic heterocycles. The summed E-state index contributed by atoms with van der Waals surface area (Å²) in [5.74, 6) is 2.08. The van der Waals surface area contributed by atoms with Gasteiger partial charge in [-0.2, -0.15) is 0 Å². The molecule has 1 saturated heterocycles. The predicted molar refractivity (Wildman–Crippen MR) is 118 cm³/mol. The second-order valence-corrected chi connectivity index (χ2v) is 8.87. The normalized spacial score (nSPS) is 22.9. The highest BCUT2D eigenvalue weighted by Crippen LogP contribution is 2.31. The Labute approximate surface area is 174 Å². The smallest absolute Gasteiger partial charge is 0.257 e. The van der Waals surface area contributed by atoms with E-state index in [-0.39, 0.29) is 5.91 Å². The number of aliphatic imine (C=N–C) groups is 1. The van der Waals surface area contributed by atoms with Crippen LogP contribution in [0, 0.1) is 11.8 Å². The van der Waals surface area contributed by atoms with Crippen LogP contribution in [0.15, 0.2) is 35.8 Å². The zero-order valence-electron chi connectivity index (χ0n) is 18.1. The average Bonchev–Trinajstić information content (AvgIpc) is 2.90. The molecule has 1 fully saturated rings. The quantitative estimate of drug-likeness (QED) is 0.765. The zero-order valence-corrected chi connectivity index (χ0v) is 18.1. The molecule has 2 aliphatic heterocycles. The Bertz CT molecular complexity index is 796. The first-order chi connectivity index (χ1) is 13.7. The van der Waals surface area contributed by atoms with E-state index < -0.39 is 5.54 Å². The number of likely N-dealkylation sites (tertiary alicyclic amines) is 1. The Kier molecular flexibility index (Phi) is 6.20. The molecule has 0 spiro atoms. The van der Waals surface area contributed by atoms with Crippen LogP contribution < -0.4 is 10.5 Å². The number of carbonyl (C=O) groups excluding carboxylic acids is 1. The van der Waals surface area contributed by atoms with E-state index in [2.05, 4.69) is 36.4 Å². The molecule has 1 amide bonds. The molecule has 29 heavy (non-hydrogen) atoms. The van der Waals surface area contributed by atoms with Crippen molar-refractivity contribution in [1.82, 2.24) is 9.80 Å². The lowest BCUT2D eigenvalue weighted by Gasteiger charge is -2.36. The maximum atomic E-state index is 13.0. The molecule has 3 rings (SSSR count). The molecule has 1 atom stereocenters. The Balaban J connectivity index is 1.57. The molecule has 0 aliphatic carbocycles. The van der Waals surface area contributed by atoms with Crippen LogP contribution in [0.5, 0.6) is 5.75 Å². The van der Waals surface area contributed by atoms with Gasteiger partial charge in [0.2, 0.25) is 0 Å². The number of hydrogen-bond donors (Lipinski definition) is 1. The summed E-state index contributed by atoms with van der Waals surface area (Å²) in [5.41, 5.74) is 7.53. The van der Waals surface area contributed by atoms with Crippen molar-refractivity contribution in [3.63, 3.8) is 0 Å². The van der Waals surface area contributed by atoms with Gasteiger partial charge in [0.05, 0.1) is 7.11 Å². The molecule has 0 saturated carbocycles. The zero-order chi connectivity index (χ0) is 21.2. The SMILES string of the molecule is C=C(c1cccc(OC)c1)N1CCC(CN2C(=O)C(C)(CC(C)C)N=C2N)CC1. The van der Waals surface area contributed by atoms with Gasteiger partial charge in [-0.1, -0.05) is 32.6 Å². The molecule has 1 aromatic carbocycles. The number of nitrogens with two attached hydrogens (primary N) is 1. The van der Waals surface area contributed by atoms with Gasteiger partial charge in [0, 0.05) is 30.9 Å². The van der Waals surface area contributed by atoms with E-state index in [4.69, 9.17) is 10.5 Å². The Morgan fingerprint density at radius 2 is 2.07 bits per heavy atom. The van der Waals surface area contributed by atoms with Gasteiger partial charge in [0.1, 0.15) is 11.3 Å². The van der Waals surface area contributed by atoms with Gasteiger partial charge in [0.25, 0.3) is 5.91 Å². The standard InChI is InChI=1S/C23H34N4O2/c1-16(2)14-23(4)21(28)27(22(24)25-23)15-18-9-11-26(12-10-18)17(3)19-7-6-8-20(13-19)29-5/h6-8,13,16,18H,3,9-12,14-15H2,1-2,4-5H3,(H2,24,25). The molecular weight excluding hydrogens is 364 g/mol. The Morgan fingerprint density at radius 3 is 2.69 bits per heavy atom. The van der Waals surface area contributed by atoms with Gasteiger partial charge >= 0.3 is 0 Å². The largest absolute Gasteiger partial charge is 0.497 e. The van der Waals surface area contributed by atoms with E-state index in [1.54, 1.807) is 12.0 Å².